The first kappa shape index (κ1) is 72.5. The molecule has 6 nitrogen and oxygen atoms in total. The summed E-state index contributed by atoms with van der Waals surface area (Å²) in [5.74, 6) is 1.83. The van der Waals surface area contributed by atoms with Crippen molar-refractivity contribution >= 4 is 11.8 Å². The Morgan fingerprint density at radius 1 is 0.325 bits per heavy atom. The van der Waals surface area contributed by atoms with Crippen molar-refractivity contribution in [2.75, 3.05) is 13.2 Å². The highest BCUT2D eigenvalue weighted by molar-refractivity contribution is 7.97. The smallest absolute Gasteiger partial charge is 0.0849 e. The number of nitrogens with two attached hydrogens (primary N) is 2. The van der Waals surface area contributed by atoms with Gasteiger partial charge in [0.2, 0.25) is 0 Å². The normalized spacial score (nSPS) is 14.0. The predicted molar refractivity (Wildman–Crippen MR) is 360 cm³/mol. The fraction of sp³-hybridized carbons (Fsp3) is 0.684. The molecule has 0 aromatic heterocycles. The van der Waals surface area contributed by atoms with Gasteiger partial charge in [0.05, 0.1) is 37.6 Å². The average Bonchev–Trinajstić information content (AvgIpc) is 3.50. The van der Waals surface area contributed by atoms with E-state index in [1.54, 1.807) is 0 Å². The molecule has 4 aromatic rings. The zero-order valence-electron chi connectivity index (χ0n) is 53.8. The van der Waals surface area contributed by atoms with E-state index >= 15 is 0 Å². The van der Waals surface area contributed by atoms with E-state index in [0.717, 1.165) is 63.2 Å². The summed E-state index contributed by atoms with van der Waals surface area (Å²) in [7, 11) is 0. The fourth-order valence-corrected chi connectivity index (χ4v) is 12.7. The summed E-state index contributed by atoms with van der Waals surface area (Å²) in [5.41, 5.74) is 20.4. The number of thioether (sulfide) groups is 1. The number of ether oxygens (including phenoxy) is 4. The molecule has 6 atom stereocenters. The Balaban J connectivity index is 1.31. The predicted octanol–water partition coefficient (Wildman–Crippen LogP) is 22.2. The Morgan fingerprint density at radius 3 is 0.916 bits per heavy atom. The molecule has 0 aliphatic heterocycles. The molecule has 0 fully saturated rings. The molecule has 4 rings (SSSR count). The first-order valence-corrected chi connectivity index (χ1v) is 35.8. The van der Waals surface area contributed by atoms with Crippen LogP contribution in [0.5, 0.6) is 0 Å². The van der Waals surface area contributed by atoms with E-state index in [1.807, 2.05) is 11.8 Å². The average molecular weight is 1160 g/mol. The van der Waals surface area contributed by atoms with Crippen molar-refractivity contribution in [3.63, 3.8) is 0 Å². The van der Waals surface area contributed by atoms with Gasteiger partial charge >= 0.3 is 0 Å². The van der Waals surface area contributed by atoms with Crippen LogP contribution in [0.1, 0.15) is 304 Å². The van der Waals surface area contributed by atoms with Crippen molar-refractivity contribution in [3.05, 3.63) is 143 Å². The van der Waals surface area contributed by atoms with Gasteiger partial charge in [0.15, 0.2) is 0 Å². The summed E-state index contributed by atoms with van der Waals surface area (Å²) in [5, 5.41) is 0. The molecule has 0 heterocycles. The maximum atomic E-state index is 6.89. The molecule has 0 radical (unpaired) electrons. The quantitative estimate of drug-likeness (QED) is 0.0426. The monoisotopic (exact) mass is 1160 g/mol. The minimum Gasteiger partial charge on any atom is -0.373 e. The molecular weight excluding hydrogens is 1040 g/mol. The molecule has 0 spiro atoms. The van der Waals surface area contributed by atoms with Crippen LogP contribution in [0, 0.1) is 0 Å². The van der Waals surface area contributed by atoms with Crippen LogP contribution in [-0.4, -0.2) is 37.5 Å². The van der Waals surface area contributed by atoms with E-state index in [9.17, 15) is 0 Å². The van der Waals surface area contributed by atoms with Crippen LogP contribution in [-0.2, 0) is 43.7 Å². The number of hydrogen-bond donors (Lipinski definition) is 2. The molecule has 4 N–H and O–H groups in total. The Hall–Kier alpha value is -3.01. The number of unbranched alkanes of at least 4 members (excludes halogenated alkanes) is 30. The lowest BCUT2D eigenvalue weighted by Crippen LogP contribution is -2.27. The minimum atomic E-state index is -0.0635. The molecule has 0 saturated heterocycles. The lowest BCUT2D eigenvalue weighted by molar-refractivity contribution is -0.0308. The second-order valence-electron chi connectivity index (χ2n) is 25.0. The van der Waals surface area contributed by atoms with Crippen molar-refractivity contribution in [3.8, 4) is 0 Å². The number of hydrogen-bond acceptors (Lipinski definition) is 7. The summed E-state index contributed by atoms with van der Waals surface area (Å²) in [4.78, 5) is 0. The number of benzene rings is 4. The number of rotatable bonds is 56. The maximum absolute atomic E-state index is 6.89. The van der Waals surface area contributed by atoms with E-state index < -0.39 is 0 Å². The highest BCUT2D eigenvalue weighted by atomic mass is 32.2. The summed E-state index contributed by atoms with van der Waals surface area (Å²) in [6.07, 6.45) is 46.6. The highest BCUT2D eigenvalue weighted by Gasteiger charge is 2.23. The highest BCUT2D eigenvalue weighted by Crippen LogP contribution is 2.32. The Morgan fingerprint density at radius 2 is 0.614 bits per heavy atom. The summed E-state index contributed by atoms with van der Waals surface area (Å²) >= 11 is 1.97. The fourth-order valence-electron chi connectivity index (χ4n) is 11.8. The Kier molecular flexibility index (Phi) is 43.7. The third kappa shape index (κ3) is 38.0. The van der Waals surface area contributed by atoms with E-state index in [-0.39, 0.29) is 36.5 Å². The lowest BCUT2D eigenvalue weighted by Gasteiger charge is -2.26. The molecule has 0 saturated carbocycles. The standard InChI is InChI=1S/C76H124N2O4S/c1-5-7-9-11-13-15-17-19-21-23-25-27-29-31-33-41-53-79-75(59-73(55-65(3)77)81-61-67-45-37-35-38-46-67)71-51-43-49-69(57-71)63-83-64-70-50-44-52-72(58-70)76(60-74(56-66(4)78)82-62-68-47-39-36-40-48-68)80-54-42-34-32-30-28-26-24-22-20-18-16-14-12-10-8-6-2/h35-40,43-52,57-58,65-66,73-76H,5-34,41-42,53-56,59-64,77-78H2,1-4H3. The van der Waals surface area contributed by atoms with Crippen LogP contribution in [0.25, 0.3) is 0 Å². The minimum absolute atomic E-state index is 0.0116. The van der Waals surface area contributed by atoms with Crippen LogP contribution in [0.4, 0.5) is 0 Å². The second kappa shape index (κ2) is 50.0. The molecule has 0 bridgehead atoms. The van der Waals surface area contributed by atoms with E-state index in [2.05, 4.69) is 137 Å². The van der Waals surface area contributed by atoms with Crippen LogP contribution in [0.3, 0.4) is 0 Å². The molecule has 83 heavy (non-hydrogen) atoms. The van der Waals surface area contributed by atoms with Gasteiger partial charge in [-0.05, 0) is 72.9 Å². The van der Waals surface area contributed by atoms with Gasteiger partial charge in [-0.1, -0.05) is 316 Å². The first-order chi connectivity index (χ1) is 40.8. The largest absolute Gasteiger partial charge is 0.373 e. The van der Waals surface area contributed by atoms with Gasteiger partial charge < -0.3 is 30.4 Å². The van der Waals surface area contributed by atoms with Gasteiger partial charge in [-0.15, -0.1) is 0 Å². The van der Waals surface area contributed by atoms with Crippen molar-refractivity contribution in [1.82, 2.24) is 0 Å². The van der Waals surface area contributed by atoms with Crippen LogP contribution >= 0.6 is 11.8 Å². The SMILES string of the molecule is CCCCCCCCCCCCCCCCCCOC(CC(CC(C)N)OCc1ccccc1)c1cccc(CSCc2cccc(C(CC(CC(C)N)OCc3ccccc3)OCCCCCCCCCCCCCCCCCC)c2)c1. The lowest BCUT2D eigenvalue weighted by atomic mass is 9.98. The zero-order valence-corrected chi connectivity index (χ0v) is 54.6. The van der Waals surface area contributed by atoms with Crippen molar-refractivity contribution in [2.45, 2.75) is 320 Å². The first-order valence-electron chi connectivity index (χ1n) is 34.6. The van der Waals surface area contributed by atoms with Crippen LogP contribution in [0.2, 0.25) is 0 Å². The van der Waals surface area contributed by atoms with Gasteiger partial charge in [0, 0.05) is 49.6 Å². The molecule has 4 aromatic carbocycles. The van der Waals surface area contributed by atoms with Crippen LogP contribution < -0.4 is 11.5 Å². The van der Waals surface area contributed by atoms with E-state index in [0.29, 0.717) is 13.2 Å². The molecule has 0 aliphatic carbocycles. The van der Waals surface area contributed by atoms with E-state index in [4.69, 9.17) is 30.4 Å². The topological polar surface area (TPSA) is 89.0 Å². The van der Waals surface area contributed by atoms with Gasteiger partial charge in [-0.3, -0.25) is 0 Å². The van der Waals surface area contributed by atoms with E-state index in [1.165, 1.54) is 226 Å². The van der Waals surface area contributed by atoms with Gasteiger partial charge in [0.25, 0.3) is 0 Å². The molecule has 0 amide bonds. The third-order valence-corrected chi connectivity index (χ3v) is 17.8. The summed E-state index contributed by atoms with van der Waals surface area (Å²) in [6, 6.07) is 39.4. The second-order valence-corrected chi connectivity index (χ2v) is 26.0. The molecule has 0 aliphatic rings. The molecule has 7 heteroatoms. The molecule has 468 valence electrons. The zero-order chi connectivity index (χ0) is 58.9. The maximum Gasteiger partial charge on any atom is 0.0849 e. The van der Waals surface area contributed by atoms with Crippen molar-refractivity contribution < 1.29 is 18.9 Å². The summed E-state index contributed by atoms with van der Waals surface area (Å²) in [6.45, 7) is 11.5. The van der Waals surface area contributed by atoms with Crippen molar-refractivity contribution in [2.24, 2.45) is 11.5 Å². The van der Waals surface area contributed by atoms with Crippen LogP contribution in [0.15, 0.2) is 109 Å². The van der Waals surface area contributed by atoms with Crippen molar-refractivity contribution in [1.29, 1.82) is 0 Å². The Bertz CT molecular complexity index is 1910. The van der Waals surface area contributed by atoms with Gasteiger partial charge in [-0.25, -0.2) is 0 Å². The third-order valence-electron chi connectivity index (χ3n) is 16.7. The van der Waals surface area contributed by atoms with Gasteiger partial charge in [-0.2, -0.15) is 11.8 Å². The molecular formula is C76H124N2O4S. The molecule has 6 unspecified atom stereocenters. The van der Waals surface area contributed by atoms with Gasteiger partial charge in [0.1, 0.15) is 0 Å². The Labute approximate surface area is 515 Å². The summed E-state index contributed by atoms with van der Waals surface area (Å²) < 4.78 is 27.1.